The summed E-state index contributed by atoms with van der Waals surface area (Å²) in [5.74, 6) is 0.898. The smallest absolute Gasteiger partial charge is 0.146 e. The SMILES string of the molecule is CN(C)C(=CC=O)N(C)C. The Morgan fingerprint density at radius 2 is 1.50 bits per heavy atom. The molecule has 10 heavy (non-hydrogen) atoms. The molecule has 0 saturated carbocycles. The van der Waals surface area contributed by atoms with Gasteiger partial charge >= 0.3 is 0 Å². The van der Waals surface area contributed by atoms with E-state index in [-0.39, 0.29) is 0 Å². The second-order valence-electron chi connectivity index (χ2n) is 2.45. The van der Waals surface area contributed by atoms with E-state index in [4.69, 9.17) is 0 Å². The molecular formula is C7H14N2O. The molecule has 0 aliphatic rings. The summed E-state index contributed by atoms with van der Waals surface area (Å²) in [5.41, 5.74) is 0. The first kappa shape index (κ1) is 9.01. The second-order valence-corrected chi connectivity index (χ2v) is 2.45. The summed E-state index contributed by atoms with van der Waals surface area (Å²) in [6.45, 7) is 0. The second kappa shape index (κ2) is 3.93. The molecule has 3 heteroatoms. The van der Waals surface area contributed by atoms with E-state index in [1.165, 1.54) is 6.08 Å². The largest absolute Gasteiger partial charge is 0.364 e. The molecule has 0 unspecified atom stereocenters. The van der Waals surface area contributed by atoms with Gasteiger partial charge in [-0.15, -0.1) is 0 Å². The molecule has 0 aromatic heterocycles. The van der Waals surface area contributed by atoms with Gasteiger partial charge in [-0.05, 0) is 0 Å². The van der Waals surface area contributed by atoms with Gasteiger partial charge in [0.15, 0.2) is 0 Å². The van der Waals surface area contributed by atoms with Crippen molar-refractivity contribution in [3.63, 3.8) is 0 Å². The fourth-order valence-corrected chi connectivity index (χ4v) is 0.759. The molecule has 0 aliphatic carbocycles. The van der Waals surface area contributed by atoms with Crippen molar-refractivity contribution in [1.29, 1.82) is 0 Å². The highest BCUT2D eigenvalue weighted by Crippen LogP contribution is 1.98. The van der Waals surface area contributed by atoms with Crippen LogP contribution in [0, 0.1) is 0 Å². The lowest BCUT2D eigenvalue weighted by Gasteiger charge is -2.23. The molecule has 0 rings (SSSR count). The average molecular weight is 142 g/mol. The maximum absolute atomic E-state index is 10.1. The van der Waals surface area contributed by atoms with Gasteiger partial charge in [-0.2, -0.15) is 0 Å². The van der Waals surface area contributed by atoms with Crippen molar-refractivity contribution >= 4 is 6.29 Å². The highest BCUT2D eigenvalue weighted by molar-refractivity contribution is 5.65. The van der Waals surface area contributed by atoms with Crippen molar-refractivity contribution in [2.24, 2.45) is 0 Å². The lowest BCUT2D eigenvalue weighted by Crippen LogP contribution is -2.24. The number of carbonyl (C=O) groups is 1. The number of aldehydes is 1. The zero-order valence-electron chi connectivity index (χ0n) is 6.96. The minimum Gasteiger partial charge on any atom is -0.364 e. The van der Waals surface area contributed by atoms with Crippen LogP contribution in [0.25, 0.3) is 0 Å². The number of carbonyl (C=O) groups excluding carboxylic acids is 1. The maximum atomic E-state index is 10.1. The van der Waals surface area contributed by atoms with E-state index < -0.39 is 0 Å². The van der Waals surface area contributed by atoms with Gasteiger partial charge in [-0.25, -0.2) is 0 Å². The molecule has 0 aliphatic heterocycles. The molecule has 3 nitrogen and oxygen atoms in total. The van der Waals surface area contributed by atoms with Gasteiger partial charge in [0.2, 0.25) is 0 Å². The molecule has 0 saturated heterocycles. The van der Waals surface area contributed by atoms with Crippen LogP contribution in [0.5, 0.6) is 0 Å². The van der Waals surface area contributed by atoms with Crippen molar-refractivity contribution < 1.29 is 4.79 Å². The fourth-order valence-electron chi connectivity index (χ4n) is 0.759. The van der Waals surface area contributed by atoms with E-state index in [0.29, 0.717) is 0 Å². The zero-order chi connectivity index (χ0) is 8.15. The first-order valence-electron chi connectivity index (χ1n) is 3.09. The third-order valence-electron chi connectivity index (χ3n) is 1.13. The number of rotatable bonds is 3. The van der Waals surface area contributed by atoms with Crippen LogP contribution in [0.1, 0.15) is 0 Å². The lowest BCUT2D eigenvalue weighted by atomic mass is 10.5. The minimum absolute atomic E-state index is 0.787. The molecular weight excluding hydrogens is 128 g/mol. The molecule has 0 radical (unpaired) electrons. The Kier molecular flexibility index (Phi) is 3.54. The third kappa shape index (κ3) is 2.53. The number of allylic oxidation sites excluding steroid dienone is 1. The van der Waals surface area contributed by atoms with Crippen LogP contribution in [0.2, 0.25) is 0 Å². The summed E-state index contributed by atoms with van der Waals surface area (Å²) in [6, 6.07) is 0. The Labute approximate surface area is 61.9 Å². The van der Waals surface area contributed by atoms with Gasteiger partial charge in [0.25, 0.3) is 0 Å². The predicted molar refractivity (Wildman–Crippen MR) is 41.5 cm³/mol. The molecule has 0 fully saturated rings. The van der Waals surface area contributed by atoms with E-state index in [0.717, 1.165) is 12.1 Å². The summed E-state index contributed by atoms with van der Waals surface area (Å²) < 4.78 is 0. The first-order valence-corrected chi connectivity index (χ1v) is 3.09. The molecule has 0 aromatic carbocycles. The highest BCUT2D eigenvalue weighted by Gasteiger charge is 1.99. The molecule has 0 spiro atoms. The van der Waals surface area contributed by atoms with Crippen molar-refractivity contribution in [2.75, 3.05) is 28.2 Å². The molecule has 0 heterocycles. The quantitative estimate of drug-likeness (QED) is 0.414. The minimum atomic E-state index is 0.787. The van der Waals surface area contributed by atoms with Gasteiger partial charge < -0.3 is 9.80 Å². The number of nitrogens with zero attached hydrogens (tertiary/aromatic N) is 2. The molecule has 0 amide bonds. The van der Waals surface area contributed by atoms with Crippen LogP contribution in [0.4, 0.5) is 0 Å². The Morgan fingerprint density at radius 1 is 1.10 bits per heavy atom. The van der Waals surface area contributed by atoms with E-state index >= 15 is 0 Å². The zero-order valence-corrected chi connectivity index (χ0v) is 6.96. The van der Waals surface area contributed by atoms with Crippen LogP contribution in [0.15, 0.2) is 11.9 Å². The van der Waals surface area contributed by atoms with E-state index in [9.17, 15) is 4.79 Å². The molecule has 0 N–H and O–H groups in total. The number of hydrogen-bond acceptors (Lipinski definition) is 3. The maximum Gasteiger partial charge on any atom is 0.146 e. The Morgan fingerprint density at radius 3 is 1.60 bits per heavy atom. The third-order valence-corrected chi connectivity index (χ3v) is 1.13. The van der Waals surface area contributed by atoms with Gasteiger partial charge in [0.05, 0.1) is 0 Å². The standard InChI is InChI=1S/C7H14N2O/c1-8(2)7(5-6-10)9(3)4/h5-6H,1-4H3. The molecule has 0 aromatic rings. The first-order chi connectivity index (χ1) is 4.59. The Bertz CT molecular complexity index is 129. The van der Waals surface area contributed by atoms with Gasteiger partial charge in [-0.1, -0.05) is 0 Å². The van der Waals surface area contributed by atoms with Crippen molar-refractivity contribution in [2.45, 2.75) is 0 Å². The van der Waals surface area contributed by atoms with Crippen molar-refractivity contribution in [1.82, 2.24) is 9.80 Å². The topological polar surface area (TPSA) is 23.6 Å². The molecule has 58 valence electrons. The van der Waals surface area contributed by atoms with Gasteiger partial charge in [-0.3, -0.25) is 4.79 Å². The van der Waals surface area contributed by atoms with Gasteiger partial charge in [0, 0.05) is 34.3 Å². The highest BCUT2D eigenvalue weighted by atomic mass is 16.1. The molecule has 0 atom stereocenters. The number of hydrogen-bond donors (Lipinski definition) is 0. The molecule has 0 bridgehead atoms. The van der Waals surface area contributed by atoms with Crippen LogP contribution in [0.3, 0.4) is 0 Å². The summed E-state index contributed by atoms with van der Waals surface area (Å²) in [5, 5.41) is 0. The van der Waals surface area contributed by atoms with Crippen LogP contribution in [-0.2, 0) is 4.79 Å². The normalized spacial score (nSPS) is 8.40. The van der Waals surface area contributed by atoms with Crippen molar-refractivity contribution in [3.8, 4) is 0 Å². The Balaban J connectivity index is 4.26. The fraction of sp³-hybridized carbons (Fsp3) is 0.571. The van der Waals surface area contributed by atoms with E-state index in [1.807, 2.05) is 38.0 Å². The average Bonchev–Trinajstić information content (AvgIpc) is 1.81. The van der Waals surface area contributed by atoms with Gasteiger partial charge in [0.1, 0.15) is 12.1 Å². The predicted octanol–water partition coefficient (Wildman–Crippen LogP) is 0.150. The monoisotopic (exact) mass is 142 g/mol. The van der Waals surface area contributed by atoms with E-state index in [1.54, 1.807) is 0 Å². The summed E-state index contributed by atoms with van der Waals surface area (Å²) in [6.07, 6.45) is 2.31. The Hall–Kier alpha value is -0.990. The van der Waals surface area contributed by atoms with Crippen LogP contribution < -0.4 is 0 Å². The summed E-state index contributed by atoms with van der Waals surface area (Å²) in [4.78, 5) is 13.9. The lowest BCUT2D eigenvalue weighted by molar-refractivity contribution is -0.104. The summed E-state index contributed by atoms with van der Waals surface area (Å²) >= 11 is 0. The van der Waals surface area contributed by atoms with Crippen molar-refractivity contribution in [3.05, 3.63) is 11.9 Å². The van der Waals surface area contributed by atoms with E-state index in [2.05, 4.69) is 0 Å². The summed E-state index contributed by atoms with van der Waals surface area (Å²) in [7, 11) is 7.59. The van der Waals surface area contributed by atoms with Crippen LogP contribution in [-0.4, -0.2) is 44.3 Å². The van der Waals surface area contributed by atoms with Crippen LogP contribution >= 0.6 is 0 Å².